The quantitative estimate of drug-likeness (QED) is 0.815. The Morgan fingerprint density at radius 1 is 1.07 bits per heavy atom. The van der Waals surface area contributed by atoms with Crippen LogP contribution in [0.4, 0.5) is 10.5 Å². The number of benzene rings is 1. The smallest absolute Gasteiger partial charge is 0.321 e. The molecule has 0 bridgehead atoms. The summed E-state index contributed by atoms with van der Waals surface area (Å²) in [5, 5.41) is 14.0. The molecule has 148 valence electrons. The van der Waals surface area contributed by atoms with Gasteiger partial charge in [-0.1, -0.05) is 18.9 Å². The van der Waals surface area contributed by atoms with E-state index in [1.165, 1.54) is 25.7 Å². The Morgan fingerprint density at radius 3 is 2.44 bits per heavy atom. The van der Waals surface area contributed by atoms with Crippen molar-refractivity contribution in [1.29, 1.82) is 0 Å². The zero-order valence-electron chi connectivity index (χ0n) is 16.2. The summed E-state index contributed by atoms with van der Waals surface area (Å²) in [7, 11) is 0. The van der Waals surface area contributed by atoms with Gasteiger partial charge < -0.3 is 20.1 Å². The van der Waals surface area contributed by atoms with Crippen molar-refractivity contribution in [2.45, 2.75) is 75.9 Å². The molecule has 1 aliphatic heterocycles. The first kappa shape index (κ1) is 18.6. The van der Waals surface area contributed by atoms with Crippen molar-refractivity contribution in [2.75, 3.05) is 18.4 Å². The van der Waals surface area contributed by atoms with Crippen molar-refractivity contribution < 1.29 is 14.6 Å². The van der Waals surface area contributed by atoms with E-state index >= 15 is 0 Å². The van der Waals surface area contributed by atoms with Gasteiger partial charge in [-0.3, -0.25) is 0 Å². The Labute approximate surface area is 162 Å². The van der Waals surface area contributed by atoms with Gasteiger partial charge in [0.15, 0.2) is 0 Å². The Kier molecular flexibility index (Phi) is 5.58. The van der Waals surface area contributed by atoms with Gasteiger partial charge in [0.1, 0.15) is 5.75 Å². The molecule has 1 heterocycles. The Bertz CT molecular complexity index is 643. The van der Waals surface area contributed by atoms with Gasteiger partial charge in [-0.05, 0) is 69.4 Å². The average Bonchev–Trinajstić information content (AvgIpc) is 3.37. The largest absolute Gasteiger partial charge is 0.490 e. The molecule has 2 saturated carbocycles. The molecule has 3 aliphatic rings. The van der Waals surface area contributed by atoms with E-state index in [2.05, 4.69) is 5.32 Å². The second-order valence-corrected chi connectivity index (χ2v) is 8.55. The van der Waals surface area contributed by atoms with Gasteiger partial charge in [-0.25, -0.2) is 4.79 Å². The molecule has 1 saturated heterocycles. The maximum absolute atomic E-state index is 12.6. The number of aliphatic hydroxyl groups is 1. The number of ether oxygens (including phenoxy) is 1. The SMILES string of the molecule is O=C(Nc1cccc(OC2CCCC2)c1)N1CCC(O)(C2CCCC2)CC1. The molecule has 1 aromatic rings. The first-order chi connectivity index (χ1) is 13.1. The minimum Gasteiger partial charge on any atom is -0.490 e. The van der Waals surface area contributed by atoms with Crippen LogP contribution in [-0.4, -0.2) is 40.8 Å². The van der Waals surface area contributed by atoms with E-state index in [9.17, 15) is 9.90 Å². The summed E-state index contributed by atoms with van der Waals surface area (Å²) in [5.74, 6) is 1.25. The fourth-order valence-corrected chi connectivity index (χ4v) is 5.02. The van der Waals surface area contributed by atoms with Crippen molar-refractivity contribution in [3.63, 3.8) is 0 Å². The third kappa shape index (κ3) is 4.40. The number of urea groups is 1. The van der Waals surface area contributed by atoms with Crippen LogP contribution in [0.25, 0.3) is 0 Å². The van der Waals surface area contributed by atoms with Gasteiger partial charge in [0, 0.05) is 24.8 Å². The van der Waals surface area contributed by atoms with Crippen molar-refractivity contribution in [3.05, 3.63) is 24.3 Å². The van der Waals surface area contributed by atoms with Gasteiger partial charge in [-0.15, -0.1) is 0 Å². The second kappa shape index (κ2) is 8.09. The highest BCUT2D eigenvalue weighted by atomic mass is 16.5. The topological polar surface area (TPSA) is 61.8 Å². The third-order valence-corrected chi connectivity index (χ3v) is 6.72. The number of rotatable bonds is 4. The standard InChI is InChI=1S/C22H32N2O3/c25-21(24-14-12-22(26,13-15-24)17-6-1-2-7-17)23-18-8-5-11-20(16-18)27-19-9-3-4-10-19/h5,8,11,16-17,19,26H,1-4,6-7,9-10,12-15H2,(H,23,25). The average molecular weight is 373 g/mol. The molecule has 2 N–H and O–H groups in total. The molecule has 0 atom stereocenters. The molecule has 1 aromatic carbocycles. The van der Waals surface area contributed by atoms with Crippen LogP contribution in [0.5, 0.6) is 5.75 Å². The number of hydrogen-bond acceptors (Lipinski definition) is 3. The number of nitrogens with one attached hydrogen (secondary N) is 1. The van der Waals surface area contributed by atoms with Crippen LogP contribution < -0.4 is 10.1 Å². The van der Waals surface area contributed by atoms with Gasteiger partial charge in [0.05, 0.1) is 11.7 Å². The fraction of sp³-hybridized carbons (Fsp3) is 0.682. The lowest BCUT2D eigenvalue weighted by Crippen LogP contribution is -2.50. The van der Waals surface area contributed by atoms with E-state index < -0.39 is 5.60 Å². The highest BCUT2D eigenvalue weighted by Crippen LogP contribution is 2.40. The highest BCUT2D eigenvalue weighted by Gasteiger charge is 2.41. The Morgan fingerprint density at radius 2 is 1.74 bits per heavy atom. The molecular weight excluding hydrogens is 340 g/mol. The van der Waals surface area contributed by atoms with Crippen LogP contribution >= 0.6 is 0 Å². The second-order valence-electron chi connectivity index (χ2n) is 8.55. The lowest BCUT2D eigenvalue weighted by molar-refractivity contribution is -0.0574. The molecule has 0 radical (unpaired) electrons. The van der Waals surface area contributed by atoms with Crippen LogP contribution in [0.2, 0.25) is 0 Å². The predicted molar refractivity (Wildman–Crippen MR) is 106 cm³/mol. The molecule has 5 nitrogen and oxygen atoms in total. The predicted octanol–water partition coefficient (Wildman–Crippen LogP) is 4.56. The normalized spacial score (nSPS) is 23.5. The molecule has 5 heteroatoms. The number of nitrogens with zero attached hydrogens (tertiary/aromatic N) is 1. The maximum Gasteiger partial charge on any atom is 0.321 e. The fourth-order valence-electron chi connectivity index (χ4n) is 5.02. The molecule has 2 amide bonds. The lowest BCUT2D eigenvalue weighted by Gasteiger charge is -2.41. The van der Waals surface area contributed by atoms with E-state index in [1.807, 2.05) is 29.2 Å². The number of amides is 2. The number of carbonyl (C=O) groups is 1. The number of piperidine rings is 1. The molecule has 2 aliphatic carbocycles. The van der Waals surface area contributed by atoms with Crippen LogP contribution in [-0.2, 0) is 0 Å². The van der Waals surface area contributed by atoms with Crippen LogP contribution in [0.15, 0.2) is 24.3 Å². The first-order valence-electron chi connectivity index (χ1n) is 10.7. The van der Waals surface area contributed by atoms with E-state index in [-0.39, 0.29) is 6.03 Å². The zero-order valence-corrected chi connectivity index (χ0v) is 16.2. The van der Waals surface area contributed by atoms with Gasteiger partial charge in [0.25, 0.3) is 0 Å². The number of likely N-dealkylation sites (tertiary alicyclic amines) is 1. The van der Waals surface area contributed by atoms with Crippen molar-refractivity contribution in [1.82, 2.24) is 4.90 Å². The third-order valence-electron chi connectivity index (χ3n) is 6.72. The van der Waals surface area contributed by atoms with Gasteiger partial charge >= 0.3 is 6.03 Å². The highest BCUT2D eigenvalue weighted by molar-refractivity contribution is 5.89. The van der Waals surface area contributed by atoms with Crippen LogP contribution in [0, 0.1) is 5.92 Å². The number of hydrogen-bond donors (Lipinski definition) is 2. The summed E-state index contributed by atoms with van der Waals surface area (Å²) in [6, 6.07) is 7.61. The van der Waals surface area contributed by atoms with E-state index in [0.29, 0.717) is 38.0 Å². The summed E-state index contributed by atoms with van der Waals surface area (Å²) >= 11 is 0. The molecule has 3 fully saturated rings. The summed E-state index contributed by atoms with van der Waals surface area (Å²) in [6.45, 7) is 1.24. The van der Waals surface area contributed by atoms with Crippen LogP contribution in [0.3, 0.4) is 0 Å². The van der Waals surface area contributed by atoms with E-state index in [4.69, 9.17) is 4.74 Å². The minimum absolute atomic E-state index is 0.0820. The number of carbonyl (C=O) groups excluding carboxylic acids is 1. The van der Waals surface area contributed by atoms with Crippen molar-refractivity contribution in [3.8, 4) is 5.75 Å². The van der Waals surface area contributed by atoms with E-state index in [0.717, 1.165) is 37.1 Å². The molecule has 0 aromatic heterocycles. The molecule has 4 rings (SSSR count). The Balaban J connectivity index is 1.30. The molecule has 0 unspecified atom stereocenters. The maximum atomic E-state index is 12.6. The van der Waals surface area contributed by atoms with Crippen LogP contribution in [0.1, 0.15) is 64.2 Å². The summed E-state index contributed by atoms with van der Waals surface area (Å²) in [4.78, 5) is 14.5. The van der Waals surface area contributed by atoms with Crippen molar-refractivity contribution >= 4 is 11.7 Å². The summed E-state index contributed by atoms with van der Waals surface area (Å²) in [6.07, 6.45) is 11.1. The molecule has 27 heavy (non-hydrogen) atoms. The van der Waals surface area contributed by atoms with Crippen molar-refractivity contribution in [2.24, 2.45) is 5.92 Å². The Hall–Kier alpha value is -1.75. The van der Waals surface area contributed by atoms with Gasteiger partial charge in [0.2, 0.25) is 0 Å². The van der Waals surface area contributed by atoms with Gasteiger partial charge in [-0.2, -0.15) is 0 Å². The van der Waals surface area contributed by atoms with E-state index in [1.54, 1.807) is 0 Å². The zero-order chi connectivity index (χ0) is 18.7. The summed E-state index contributed by atoms with van der Waals surface area (Å²) in [5.41, 5.74) is 0.203. The first-order valence-corrected chi connectivity index (χ1v) is 10.7. The molecule has 0 spiro atoms. The minimum atomic E-state index is -0.567. The molecular formula is C22H32N2O3. The monoisotopic (exact) mass is 372 g/mol. The lowest BCUT2D eigenvalue weighted by atomic mass is 9.78. The number of anilines is 1. The summed E-state index contributed by atoms with van der Waals surface area (Å²) < 4.78 is 6.03.